The Morgan fingerprint density at radius 2 is 2.20 bits per heavy atom. The number of sulfonamides is 1. The first-order valence-corrected chi connectivity index (χ1v) is 8.42. The molecule has 0 spiro atoms. The summed E-state index contributed by atoms with van der Waals surface area (Å²) in [6, 6.07) is 3.01. The first kappa shape index (κ1) is 17.0. The highest BCUT2D eigenvalue weighted by atomic mass is 35.5. The molecule has 0 aliphatic heterocycles. The van der Waals surface area contributed by atoms with Gasteiger partial charge in [0.15, 0.2) is 5.96 Å². The van der Waals surface area contributed by atoms with E-state index in [0.29, 0.717) is 17.4 Å². The number of nitrogens with two attached hydrogens (primary N) is 1. The predicted molar refractivity (Wildman–Crippen MR) is 83.8 cm³/mol. The lowest BCUT2D eigenvalue weighted by atomic mass is 10.4. The highest BCUT2D eigenvalue weighted by molar-refractivity contribution is 7.91. The Hall–Kier alpha value is -1.09. The average molecular weight is 337 g/mol. The van der Waals surface area contributed by atoms with Crippen LogP contribution in [-0.4, -0.2) is 34.0 Å². The highest BCUT2D eigenvalue weighted by Gasteiger charge is 2.15. The Kier molecular flexibility index (Phi) is 6.47. The molecule has 0 radical (unpaired) electrons. The van der Waals surface area contributed by atoms with Gasteiger partial charge in [-0.25, -0.2) is 18.1 Å². The van der Waals surface area contributed by atoms with Gasteiger partial charge < -0.3 is 11.1 Å². The van der Waals surface area contributed by atoms with Gasteiger partial charge in [0.1, 0.15) is 4.21 Å². The van der Waals surface area contributed by atoms with Crippen LogP contribution in [-0.2, 0) is 10.0 Å². The maximum absolute atomic E-state index is 11.8. The fourth-order valence-electron chi connectivity index (χ4n) is 1.17. The van der Waals surface area contributed by atoms with Gasteiger partial charge in [0, 0.05) is 13.1 Å². The third kappa shape index (κ3) is 5.91. The monoisotopic (exact) mass is 336 g/mol. The highest BCUT2D eigenvalue weighted by Crippen LogP contribution is 2.24. The zero-order valence-corrected chi connectivity index (χ0v) is 13.4. The molecular formula is C11H17ClN4O2S2. The number of rotatable bonds is 7. The molecule has 0 unspecified atom stereocenters. The van der Waals surface area contributed by atoms with E-state index in [4.69, 9.17) is 17.3 Å². The lowest BCUT2D eigenvalue weighted by Gasteiger charge is -2.07. The fourth-order valence-corrected chi connectivity index (χ4v) is 3.72. The van der Waals surface area contributed by atoms with Crippen LogP contribution in [0.15, 0.2) is 33.5 Å². The van der Waals surface area contributed by atoms with Crippen molar-refractivity contribution in [2.45, 2.75) is 11.1 Å². The molecule has 9 heteroatoms. The summed E-state index contributed by atoms with van der Waals surface area (Å²) in [4.78, 5) is 4.01. The molecule has 0 aliphatic carbocycles. The minimum atomic E-state index is -3.51. The van der Waals surface area contributed by atoms with Crippen molar-refractivity contribution >= 4 is 38.9 Å². The Morgan fingerprint density at radius 3 is 2.75 bits per heavy atom. The first-order chi connectivity index (χ1) is 9.31. The van der Waals surface area contributed by atoms with Crippen LogP contribution in [0.4, 0.5) is 0 Å². The van der Waals surface area contributed by atoms with E-state index in [2.05, 4.69) is 21.6 Å². The first-order valence-electron chi connectivity index (χ1n) is 5.74. The van der Waals surface area contributed by atoms with Gasteiger partial charge in [-0.05, 0) is 19.1 Å². The second kappa shape index (κ2) is 7.63. The quantitative estimate of drug-likeness (QED) is 0.301. The van der Waals surface area contributed by atoms with E-state index in [0.717, 1.165) is 16.9 Å². The Balaban J connectivity index is 2.37. The second-order valence-corrected chi connectivity index (χ2v) is 7.75. The third-order valence-corrected chi connectivity index (χ3v) is 5.24. The summed E-state index contributed by atoms with van der Waals surface area (Å²) in [6.45, 7) is 6.52. The van der Waals surface area contributed by atoms with Gasteiger partial charge in [-0.15, -0.1) is 11.3 Å². The van der Waals surface area contributed by atoms with Crippen molar-refractivity contribution in [3.8, 4) is 0 Å². The molecule has 0 aromatic carbocycles. The molecule has 0 bridgehead atoms. The third-order valence-electron chi connectivity index (χ3n) is 2.06. The molecule has 6 nitrogen and oxygen atoms in total. The van der Waals surface area contributed by atoms with E-state index in [1.165, 1.54) is 6.07 Å². The van der Waals surface area contributed by atoms with Crippen molar-refractivity contribution in [3.05, 3.63) is 28.6 Å². The lowest BCUT2D eigenvalue weighted by Crippen LogP contribution is -2.38. The van der Waals surface area contributed by atoms with E-state index in [-0.39, 0.29) is 16.7 Å². The van der Waals surface area contributed by atoms with Crippen molar-refractivity contribution in [1.82, 2.24) is 10.0 Å². The summed E-state index contributed by atoms with van der Waals surface area (Å²) >= 11 is 6.71. The molecule has 20 heavy (non-hydrogen) atoms. The van der Waals surface area contributed by atoms with Gasteiger partial charge in [0.2, 0.25) is 10.0 Å². The van der Waals surface area contributed by atoms with Crippen molar-refractivity contribution in [3.63, 3.8) is 0 Å². The second-order valence-electron chi connectivity index (χ2n) is 4.04. The number of hydrogen-bond donors (Lipinski definition) is 3. The predicted octanol–water partition coefficient (Wildman–Crippen LogP) is 1.16. The molecule has 0 fully saturated rings. The molecule has 1 aromatic heterocycles. The molecule has 1 rings (SSSR count). The van der Waals surface area contributed by atoms with Crippen molar-refractivity contribution in [1.29, 1.82) is 0 Å². The van der Waals surface area contributed by atoms with Crippen LogP contribution in [0, 0.1) is 0 Å². The van der Waals surface area contributed by atoms with Crippen LogP contribution in [0.3, 0.4) is 0 Å². The number of aliphatic imine (C=N–C) groups is 1. The van der Waals surface area contributed by atoms with Crippen molar-refractivity contribution in [2.75, 3.05) is 19.6 Å². The molecule has 0 atom stereocenters. The maximum atomic E-state index is 11.8. The van der Waals surface area contributed by atoms with Gasteiger partial charge >= 0.3 is 0 Å². The summed E-state index contributed by atoms with van der Waals surface area (Å²) in [5, 5.41) is 2.80. The molecule has 0 saturated carbocycles. The Morgan fingerprint density at radius 1 is 1.50 bits per heavy atom. The number of guanidine groups is 1. The van der Waals surface area contributed by atoms with Crippen LogP contribution < -0.4 is 15.8 Å². The molecule has 112 valence electrons. The van der Waals surface area contributed by atoms with Crippen LogP contribution in [0.5, 0.6) is 0 Å². The van der Waals surface area contributed by atoms with E-state index in [9.17, 15) is 8.42 Å². The summed E-state index contributed by atoms with van der Waals surface area (Å²) in [7, 11) is -3.51. The zero-order valence-electron chi connectivity index (χ0n) is 11.0. The smallest absolute Gasteiger partial charge is 0.250 e. The van der Waals surface area contributed by atoms with Crippen molar-refractivity contribution < 1.29 is 8.42 Å². The Labute approximate surface area is 127 Å². The van der Waals surface area contributed by atoms with Crippen LogP contribution in [0.2, 0.25) is 4.34 Å². The molecular weight excluding hydrogens is 320 g/mol. The number of hydrogen-bond acceptors (Lipinski definition) is 4. The lowest BCUT2D eigenvalue weighted by molar-refractivity contribution is 0.583. The summed E-state index contributed by atoms with van der Waals surface area (Å²) in [6.07, 6.45) is 0. The van der Waals surface area contributed by atoms with Gasteiger partial charge in [0.05, 0.1) is 10.9 Å². The molecule has 0 aliphatic rings. The molecule has 4 N–H and O–H groups in total. The summed E-state index contributed by atoms with van der Waals surface area (Å²) in [5.41, 5.74) is 6.48. The largest absolute Gasteiger partial charge is 0.370 e. The van der Waals surface area contributed by atoms with E-state index in [1.54, 1.807) is 6.07 Å². The Bertz CT molecular complexity index is 595. The van der Waals surface area contributed by atoms with Gasteiger partial charge in [-0.2, -0.15) is 0 Å². The standard InChI is InChI=1S/C11H17ClN4O2S2/c1-8(2)7-15-11(13)14-5-6-16-20(17,18)10-4-3-9(12)19-10/h3-4,16H,1,5-7H2,2H3,(H3,13,14,15). The summed E-state index contributed by atoms with van der Waals surface area (Å²) < 4.78 is 26.7. The van der Waals surface area contributed by atoms with Crippen molar-refractivity contribution in [2.24, 2.45) is 10.7 Å². The number of nitrogens with one attached hydrogen (secondary N) is 2. The summed E-state index contributed by atoms with van der Waals surface area (Å²) in [5.74, 6) is 0.256. The number of halogens is 1. The average Bonchev–Trinajstić information content (AvgIpc) is 2.79. The van der Waals surface area contributed by atoms with Gasteiger partial charge in [-0.1, -0.05) is 23.8 Å². The molecule has 1 aromatic rings. The zero-order chi connectivity index (χ0) is 15.2. The van der Waals surface area contributed by atoms with E-state index >= 15 is 0 Å². The van der Waals surface area contributed by atoms with Crippen LogP contribution in [0.1, 0.15) is 6.92 Å². The minimum absolute atomic E-state index is 0.187. The molecule has 0 amide bonds. The van der Waals surface area contributed by atoms with Crippen LogP contribution >= 0.6 is 22.9 Å². The SMILES string of the molecule is C=C(C)CN=C(N)NCCNS(=O)(=O)c1ccc(Cl)s1. The number of nitrogens with zero attached hydrogens (tertiary/aromatic N) is 1. The van der Waals surface area contributed by atoms with Gasteiger partial charge in [0.25, 0.3) is 0 Å². The van der Waals surface area contributed by atoms with Crippen LogP contribution in [0.25, 0.3) is 0 Å². The fraction of sp³-hybridized carbons (Fsp3) is 0.364. The maximum Gasteiger partial charge on any atom is 0.250 e. The van der Waals surface area contributed by atoms with E-state index < -0.39 is 10.0 Å². The molecule has 0 saturated heterocycles. The normalized spacial score (nSPS) is 12.4. The van der Waals surface area contributed by atoms with E-state index in [1.807, 2.05) is 6.92 Å². The number of thiophene rings is 1. The topological polar surface area (TPSA) is 96.6 Å². The van der Waals surface area contributed by atoms with Gasteiger partial charge in [-0.3, -0.25) is 0 Å². The minimum Gasteiger partial charge on any atom is -0.370 e. The molecule has 1 heterocycles.